The van der Waals surface area contributed by atoms with Gasteiger partial charge < -0.3 is 4.90 Å². The summed E-state index contributed by atoms with van der Waals surface area (Å²) >= 11 is 11.9. The highest BCUT2D eigenvalue weighted by atomic mass is 35.5. The topological polar surface area (TPSA) is 23.6 Å². The maximum atomic E-state index is 12.2. The van der Waals surface area contributed by atoms with Crippen LogP contribution in [0.5, 0.6) is 0 Å². The first-order valence-electron chi connectivity index (χ1n) is 8.23. The van der Waals surface area contributed by atoms with Crippen molar-refractivity contribution < 1.29 is 4.79 Å². The number of piperazine rings is 1. The van der Waals surface area contributed by atoms with E-state index in [1.807, 2.05) is 23.1 Å². The van der Waals surface area contributed by atoms with Crippen molar-refractivity contribution in [3.05, 3.63) is 46.0 Å². The predicted octanol–water partition coefficient (Wildman–Crippen LogP) is 4.07. The zero-order valence-corrected chi connectivity index (χ0v) is 15.9. The third-order valence-corrected chi connectivity index (χ3v) is 5.23. The van der Waals surface area contributed by atoms with Gasteiger partial charge in [-0.3, -0.25) is 9.69 Å². The van der Waals surface area contributed by atoms with Gasteiger partial charge in [0.1, 0.15) is 0 Å². The molecule has 0 bridgehead atoms. The second-order valence-electron chi connectivity index (χ2n) is 6.42. The molecule has 1 saturated heterocycles. The summed E-state index contributed by atoms with van der Waals surface area (Å²) in [5.41, 5.74) is 1.05. The van der Waals surface area contributed by atoms with E-state index in [1.54, 1.807) is 12.1 Å². The van der Waals surface area contributed by atoms with Gasteiger partial charge in [0.25, 0.3) is 0 Å². The summed E-state index contributed by atoms with van der Waals surface area (Å²) < 4.78 is 0. The Morgan fingerprint density at radius 3 is 2.46 bits per heavy atom. The van der Waals surface area contributed by atoms with Crippen molar-refractivity contribution >= 4 is 41.5 Å². The van der Waals surface area contributed by atoms with E-state index in [9.17, 15) is 4.79 Å². The molecule has 0 spiro atoms. The maximum Gasteiger partial charge on any atom is 0.246 e. The SMILES string of the molecule is Cl.O=C(/C=C/Cc1ccc(Cl)c(Cl)c1)N1CCN(CC2CC2)CC1. The van der Waals surface area contributed by atoms with E-state index >= 15 is 0 Å². The van der Waals surface area contributed by atoms with Crippen molar-refractivity contribution in [2.45, 2.75) is 19.3 Å². The van der Waals surface area contributed by atoms with Gasteiger partial charge >= 0.3 is 0 Å². The molecule has 0 N–H and O–H groups in total. The van der Waals surface area contributed by atoms with E-state index < -0.39 is 0 Å². The Morgan fingerprint density at radius 2 is 1.83 bits per heavy atom. The van der Waals surface area contributed by atoms with Gasteiger partial charge in [0.2, 0.25) is 5.91 Å². The van der Waals surface area contributed by atoms with Crippen molar-refractivity contribution in [2.24, 2.45) is 5.92 Å². The quantitative estimate of drug-likeness (QED) is 0.709. The molecule has 2 fully saturated rings. The molecule has 0 atom stereocenters. The van der Waals surface area contributed by atoms with Gasteiger partial charge in [0.05, 0.1) is 10.0 Å². The minimum absolute atomic E-state index is 0. The molecule has 1 aliphatic heterocycles. The third kappa shape index (κ3) is 5.66. The first-order chi connectivity index (χ1) is 11.1. The molecule has 3 nitrogen and oxygen atoms in total. The normalized spacial score (nSPS) is 18.7. The Kier molecular flexibility index (Phi) is 7.42. The van der Waals surface area contributed by atoms with Crippen LogP contribution in [0, 0.1) is 5.92 Å². The molecule has 2 aliphatic rings. The second kappa shape index (κ2) is 9.10. The van der Waals surface area contributed by atoms with Gasteiger partial charge in [-0.15, -0.1) is 12.4 Å². The first kappa shape index (κ1) is 19.6. The van der Waals surface area contributed by atoms with Crippen LogP contribution in [0.4, 0.5) is 0 Å². The van der Waals surface area contributed by atoms with Crippen molar-refractivity contribution in [1.29, 1.82) is 0 Å². The molecule has 24 heavy (non-hydrogen) atoms. The van der Waals surface area contributed by atoms with Crippen LogP contribution in [0.3, 0.4) is 0 Å². The largest absolute Gasteiger partial charge is 0.337 e. The predicted molar refractivity (Wildman–Crippen MR) is 102 cm³/mol. The molecule has 1 saturated carbocycles. The Balaban J connectivity index is 0.00000208. The monoisotopic (exact) mass is 388 g/mol. The number of hydrogen-bond donors (Lipinski definition) is 0. The van der Waals surface area contributed by atoms with Gasteiger partial charge in [-0.2, -0.15) is 0 Å². The van der Waals surface area contributed by atoms with E-state index in [-0.39, 0.29) is 18.3 Å². The second-order valence-corrected chi connectivity index (χ2v) is 7.24. The molecular weight excluding hydrogens is 367 g/mol. The Hall–Kier alpha value is -0.740. The zero-order chi connectivity index (χ0) is 16.2. The number of hydrogen-bond acceptors (Lipinski definition) is 2. The molecule has 0 aromatic heterocycles. The molecule has 6 heteroatoms. The van der Waals surface area contributed by atoms with Gasteiger partial charge in [-0.05, 0) is 49.0 Å². The van der Waals surface area contributed by atoms with Crippen LogP contribution in [0.15, 0.2) is 30.4 Å². The van der Waals surface area contributed by atoms with Crippen LogP contribution in [0.2, 0.25) is 10.0 Å². The number of benzene rings is 1. The molecule has 1 aromatic carbocycles. The van der Waals surface area contributed by atoms with Gasteiger partial charge in [0.15, 0.2) is 0 Å². The molecular formula is C18H23Cl3N2O. The Bertz CT molecular complexity index is 594. The van der Waals surface area contributed by atoms with Crippen LogP contribution in [0.1, 0.15) is 18.4 Å². The standard InChI is InChI=1S/C18H22Cl2N2O.ClH/c19-16-7-6-14(12-17(16)20)2-1-3-18(23)22-10-8-21(9-11-22)13-15-4-5-15;/h1,3,6-7,12,15H,2,4-5,8-11,13H2;1H/b3-1+;. The maximum absolute atomic E-state index is 12.2. The molecule has 1 aliphatic carbocycles. The number of allylic oxidation sites excluding steroid dienone is 1. The van der Waals surface area contributed by atoms with Gasteiger partial charge in [-0.25, -0.2) is 0 Å². The Labute approximate surface area is 160 Å². The third-order valence-electron chi connectivity index (χ3n) is 4.50. The summed E-state index contributed by atoms with van der Waals surface area (Å²) in [6, 6.07) is 5.56. The van der Waals surface area contributed by atoms with E-state index in [2.05, 4.69) is 4.90 Å². The fourth-order valence-corrected chi connectivity index (χ4v) is 3.20. The smallest absolute Gasteiger partial charge is 0.246 e. The fourth-order valence-electron chi connectivity index (χ4n) is 2.88. The lowest BCUT2D eigenvalue weighted by molar-refractivity contribution is -0.127. The fraction of sp³-hybridized carbons (Fsp3) is 0.500. The number of carbonyl (C=O) groups excluding carboxylic acids is 1. The summed E-state index contributed by atoms with van der Waals surface area (Å²) in [4.78, 5) is 16.7. The lowest BCUT2D eigenvalue weighted by atomic mass is 10.1. The molecule has 132 valence electrons. The molecule has 1 aromatic rings. The van der Waals surface area contributed by atoms with Crippen molar-refractivity contribution in [3.8, 4) is 0 Å². The number of nitrogens with zero attached hydrogens (tertiary/aromatic N) is 2. The van der Waals surface area contributed by atoms with Crippen LogP contribution in [0.25, 0.3) is 0 Å². The van der Waals surface area contributed by atoms with Crippen molar-refractivity contribution in [1.82, 2.24) is 9.80 Å². The number of halogens is 3. The summed E-state index contributed by atoms with van der Waals surface area (Å²) in [7, 11) is 0. The molecule has 1 heterocycles. The van der Waals surface area contributed by atoms with Crippen LogP contribution < -0.4 is 0 Å². The summed E-state index contributed by atoms with van der Waals surface area (Å²) in [6.45, 7) is 4.90. The molecule has 0 radical (unpaired) electrons. The number of rotatable bonds is 5. The zero-order valence-electron chi connectivity index (χ0n) is 13.6. The number of carbonyl (C=O) groups is 1. The van der Waals surface area contributed by atoms with Crippen molar-refractivity contribution in [3.63, 3.8) is 0 Å². The van der Waals surface area contributed by atoms with E-state index in [4.69, 9.17) is 23.2 Å². The molecule has 0 unspecified atom stereocenters. The lowest BCUT2D eigenvalue weighted by Crippen LogP contribution is -2.48. The van der Waals surface area contributed by atoms with Crippen molar-refractivity contribution in [2.75, 3.05) is 32.7 Å². The highest BCUT2D eigenvalue weighted by Crippen LogP contribution is 2.29. The van der Waals surface area contributed by atoms with Crippen LogP contribution in [-0.2, 0) is 11.2 Å². The highest BCUT2D eigenvalue weighted by Gasteiger charge is 2.27. The first-order valence-corrected chi connectivity index (χ1v) is 8.99. The molecule has 3 rings (SSSR count). The average molecular weight is 390 g/mol. The van der Waals surface area contributed by atoms with Crippen LogP contribution in [-0.4, -0.2) is 48.4 Å². The molecule has 1 amide bonds. The van der Waals surface area contributed by atoms with E-state index in [0.717, 1.165) is 37.7 Å². The minimum atomic E-state index is 0. The van der Waals surface area contributed by atoms with E-state index in [0.29, 0.717) is 16.5 Å². The Morgan fingerprint density at radius 1 is 1.12 bits per heavy atom. The summed E-state index contributed by atoms with van der Waals surface area (Å²) in [5, 5.41) is 1.11. The summed E-state index contributed by atoms with van der Waals surface area (Å²) in [6.07, 6.45) is 7.04. The van der Waals surface area contributed by atoms with Crippen LogP contribution >= 0.6 is 35.6 Å². The van der Waals surface area contributed by atoms with E-state index in [1.165, 1.54) is 19.4 Å². The lowest BCUT2D eigenvalue weighted by Gasteiger charge is -2.34. The summed E-state index contributed by atoms with van der Waals surface area (Å²) in [5.74, 6) is 1.03. The highest BCUT2D eigenvalue weighted by molar-refractivity contribution is 6.42. The number of amides is 1. The van der Waals surface area contributed by atoms with Gasteiger partial charge in [-0.1, -0.05) is 35.3 Å². The minimum Gasteiger partial charge on any atom is -0.337 e. The average Bonchev–Trinajstić information content (AvgIpc) is 3.35. The van der Waals surface area contributed by atoms with Gasteiger partial charge in [0, 0.05) is 32.7 Å².